The highest BCUT2D eigenvalue weighted by atomic mass is 16.6. The van der Waals surface area contributed by atoms with Crippen molar-refractivity contribution in [1.29, 1.82) is 0 Å². The van der Waals surface area contributed by atoms with Gasteiger partial charge in [0.1, 0.15) is 5.52 Å². The number of para-hydroxylation sites is 1. The second kappa shape index (κ2) is 6.62. The average molecular weight is 297 g/mol. The monoisotopic (exact) mass is 297 g/mol. The van der Waals surface area contributed by atoms with Crippen LogP contribution in [0.5, 0.6) is 0 Å². The Balaban J connectivity index is 2.35. The molecule has 0 N–H and O–H groups in total. The predicted molar refractivity (Wildman–Crippen MR) is 85.3 cm³/mol. The lowest BCUT2D eigenvalue weighted by Gasteiger charge is -2.04. The van der Waals surface area contributed by atoms with E-state index in [1.165, 1.54) is 23.2 Å². The minimum absolute atomic E-state index is 0.0222. The molecule has 0 aliphatic carbocycles. The molecule has 0 bridgehead atoms. The minimum atomic E-state index is -0.446. The third-order valence-corrected chi connectivity index (χ3v) is 3.05. The Morgan fingerprint density at radius 3 is 2.73 bits per heavy atom. The number of nitro groups is 1. The van der Waals surface area contributed by atoms with E-state index in [4.69, 9.17) is 0 Å². The molecular formula is C16H15N3O3. The van der Waals surface area contributed by atoms with Crippen LogP contribution in [0.4, 0.5) is 5.69 Å². The van der Waals surface area contributed by atoms with Crippen LogP contribution in [0.2, 0.25) is 0 Å². The van der Waals surface area contributed by atoms with Crippen molar-refractivity contribution in [3.8, 4) is 0 Å². The van der Waals surface area contributed by atoms with Gasteiger partial charge >= 0.3 is 0 Å². The molecule has 0 unspecified atom stereocenters. The molecule has 1 aromatic heterocycles. The number of nitrogens with zero attached hydrogens (tertiary/aromatic N) is 3. The van der Waals surface area contributed by atoms with Crippen molar-refractivity contribution in [2.75, 3.05) is 14.1 Å². The number of aromatic nitrogens is 1. The van der Waals surface area contributed by atoms with Crippen LogP contribution in [-0.2, 0) is 4.79 Å². The molecule has 2 rings (SSSR count). The van der Waals surface area contributed by atoms with Crippen molar-refractivity contribution in [2.24, 2.45) is 0 Å². The van der Waals surface area contributed by atoms with Gasteiger partial charge in [0.15, 0.2) is 0 Å². The number of allylic oxidation sites excluding steroid dienone is 2. The Labute approximate surface area is 127 Å². The molecule has 1 heterocycles. The van der Waals surface area contributed by atoms with E-state index in [1.807, 2.05) is 0 Å². The summed E-state index contributed by atoms with van der Waals surface area (Å²) in [6.07, 6.45) is 8.11. The summed E-state index contributed by atoms with van der Waals surface area (Å²) < 4.78 is 0. The Bertz CT molecular complexity index is 779. The molecule has 0 spiro atoms. The predicted octanol–water partition coefficient (Wildman–Crippen LogP) is 2.80. The summed E-state index contributed by atoms with van der Waals surface area (Å²) >= 11 is 0. The van der Waals surface area contributed by atoms with Gasteiger partial charge in [0.25, 0.3) is 5.69 Å². The molecular weight excluding hydrogens is 282 g/mol. The van der Waals surface area contributed by atoms with E-state index >= 15 is 0 Å². The Morgan fingerprint density at radius 2 is 2.05 bits per heavy atom. The molecule has 6 nitrogen and oxygen atoms in total. The van der Waals surface area contributed by atoms with E-state index in [-0.39, 0.29) is 11.6 Å². The number of fused-ring (bicyclic) bond motifs is 1. The van der Waals surface area contributed by atoms with Gasteiger partial charge in [-0.3, -0.25) is 14.9 Å². The van der Waals surface area contributed by atoms with Crippen LogP contribution in [0.3, 0.4) is 0 Å². The lowest BCUT2D eigenvalue weighted by molar-refractivity contribution is -0.383. The van der Waals surface area contributed by atoms with Crippen molar-refractivity contribution in [3.05, 3.63) is 64.4 Å². The standard InChI is InChI=1S/C16H15N3O3/c1-18(2)15(20)9-4-3-6-12-10-11-17-16-13(12)7-5-8-14(16)19(21)22/h3-11H,1-2H3/b6-3-,9-4+. The number of nitro benzene ring substituents is 1. The molecule has 0 fully saturated rings. The molecule has 1 amide bonds. The number of pyridine rings is 1. The Hall–Kier alpha value is -3.02. The Morgan fingerprint density at radius 1 is 1.27 bits per heavy atom. The third-order valence-electron chi connectivity index (χ3n) is 3.05. The number of likely N-dealkylation sites (N-methyl/N-ethyl adjacent to an activating group) is 1. The highest BCUT2D eigenvalue weighted by molar-refractivity contribution is 5.93. The molecule has 2 aromatic rings. The van der Waals surface area contributed by atoms with Gasteiger partial charge in [0.2, 0.25) is 5.91 Å². The van der Waals surface area contributed by atoms with Gasteiger partial charge in [-0.15, -0.1) is 0 Å². The van der Waals surface area contributed by atoms with E-state index in [9.17, 15) is 14.9 Å². The van der Waals surface area contributed by atoms with E-state index in [0.717, 1.165) is 5.56 Å². The number of carbonyl (C=O) groups is 1. The first-order valence-corrected chi connectivity index (χ1v) is 6.59. The summed E-state index contributed by atoms with van der Waals surface area (Å²) in [6.45, 7) is 0. The van der Waals surface area contributed by atoms with Gasteiger partial charge in [-0.2, -0.15) is 0 Å². The van der Waals surface area contributed by atoms with Crippen LogP contribution in [0.1, 0.15) is 5.56 Å². The third kappa shape index (κ3) is 3.35. The largest absolute Gasteiger partial charge is 0.345 e. The maximum Gasteiger partial charge on any atom is 0.295 e. The zero-order chi connectivity index (χ0) is 16.1. The normalized spacial score (nSPS) is 11.4. The second-order valence-electron chi connectivity index (χ2n) is 4.78. The van der Waals surface area contributed by atoms with E-state index in [2.05, 4.69) is 4.98 Å². The first kappa shape index (κ1) is 15.4. The first-order valence-electron chi connectivity index (χ1n) is 6.59. The summed E-state index contributed by atoms with van der Waals surface area (Å²) in [7, 11) is 3.35. The maximum absolute atomic E-state index is 11.4. The van der Waals surface area contributed by atoms with Gasteiger partial charge in [-0.1, -0.05) is 30.4 Å². The van der Waals surface area contributed by atoms with Crippen molar-refractivity contribution in [3.63, 3.8) is 0 Å². The van der Waals surface area contributed by atoms with Gasteiger partial charge in [-0.05, 0) is 11.6 Å². The number of hydrogen-bond acceptors (Lipinski definition) is 4. The SMILES string of the molecule is CN(C)C(=O)/C=C/C=C\c1ccnc2c([N+](=O)[O-])cccc12. The number of benzene rings is 1. The van der Waals surface area contributed by atoms with Crippen LogP contribution in [0.25, 0.3) is 17.0 Å². The highest BCUT2D eigenvalue weighted by Gasteiger charge is 2.13. The van der Waals surface area contributed by atoms with Crippen molar-refractivity contribution in [2.45, 2.75) is 0 Å². The minimum Gasteiger partial charge on any atom is -0.345 e. The van der Waals surface area contributed by atoms with Crippen molar-refractivity contribution < 1.29 is 9.72 Å². The topological polar surface area (TPSA) is 76.3 Å². The van der Waals surface area contributed by atoms with E-state index in [0.29, 0.717) is 10.9 Å². The van der Waals surface area contributed by atoms with Crippen LogP contribution in [0.15, 0.2) is 48.7 Å². The summed E-state index contributed by atoms with van der Waals surface area (Å²) in [4.78, 5) is 27.5. The molecule has 0 saturated carbocycles. The number of hydrogen-bond donors (Lipinski definition) is 0. The lowest BCUT2D eigenvalue weighted by atomic mass is 10.1. The summed E-state index contributed by atoms with van der Waals surface area (Å²) in [6, 6.07) is 6.61. The first-order chi connectivity index (χ1) is 10.5. The van der Waals surface area contributed by atoms with E-state index < -0.39 is 4.92 Å². The number of amides is 1. The highest BCUT2D eigenvalue weighted by Crippen LogP contribution is 2.26. The second-order valence-corrected chi connectivity index (χ2v) is 4.78. The molecule has 22 heavy (non-hydrogen) atoms. The number of non-ortho nitro benzene ring substituents is 1. The fraction of sp³-hybridized carbons (Fsp3) is 0.125. The number of rotatable bonds is 4. The fourth-order valence-electron chi connectivity index (χ4n) is 1.92. The number of carbonyl (C=O) groups excluding carboxylic acids is 1. The van der Waals surface area contributed by atoms with Crippen molar-refractivity contribution in [1.82, 2.24) is 9.88 Å². The summed E-state index contributed by atoms with van der Waals surface area (Å²) in [5.41, 5.74) is 1.13. The summed E-state index contributed by atoms with van der Waals surface area (Å²) in [5, 5.41) is 11.7. The van der Waals surface area contributed by atoms with Crippen molar-refractivity contribution >= 4 is 28.6 Å². The van der Waals surface area contributed by atoms with Crippen LogP contribution < -0.4 is 0 Å². The smallest absolute Gasteiger partial charge is 0.295 e. The van der Waals surface area contributed by atoms with Gasteiger partial charge < -0.3 is 4.90 Å². The van der Waals surface area contributed by atoms with Gasteiger partial charge in [0, 0.05) is 37.8 Å². The molecule has 0 saturated heterocycles. The summed E-state index contributed by atoms with van der Waals surface area (Å²) in [5.74, 6) is -0.111. The molecule has 0 aliphatic heterocycles. The molecule has 112 valence electrons. The average Bonchev–Trinajstić information content (AvgIpc) is 2.50. The quantitative estimate of drug-likeness (QED) is 0.376. The molecule has 1 aromatic carbocycles. The molecule has 0 atom stereocenters. The maximum atomic E-state index is 11.4. The van der Waals surface area contributed by atoms with Gasteiger partial charge in [0.05, 0.1) is 4.92 Å². The van der Waals surface area contributed by atoms with E-state index in [1.54, 1.807) is 50.5 Å². The van der Waals surface area contributed by atoms with Crippen LogP contribution in [0, 0.1) is 10.1 Å². The van der Waals surface area contributed by atoms with Crippen LogP contribution >= 0.6 is 0 Å². The fourth-order valence-corrected chi connectivity index (χ4v) is 1.92. The molecule has 0 radical (unpaired) electrons. The Kier molecular flexibility index (Phi) is 4.63. The lowest BCUT2D eigenvalue weighted by Crippen LogP contribution is -2.18. The molecule has 6 heteroatoms. The van der Waals surface area contributed by atoms with Crippen LogP contribution in [-0.4, -0.2) is 34.8 Å². The zero-order valence-electron chi connectivity index (χ0n) is 12.3. The van der Waals surface area contributed by atoms with Gasteiger partial charge in [-0.25, -0.2) is 4.98 Å². The zero-order valence-corrected chi connectivity index (χ0v) is 12.3. The molecule has 0 aliphatic rings.